The third-order valence-electron chi connectivity index (χ3n) is 3.65. The van der Waals surface area contributed by atoms with Gasteiger partial charge in [0.1, 0.15) is 0 Å². The summed E-state index contributed by atoms with van der Waals surface area (Å²) in [4.78, 5) is 9.38. The van der Waals surface area contributed by atoms with Crippen molar-refractivity contribution in [2.45, 2.75) is 6.42 Å². The van der Waals surface area contributed by atoms with Gasteiger partial charge in [0.25, 0.3) is 0 Å². The van der Waals surface area contributed by atoms with Crippen molar-refractivity contribution in [3.05, 3.63) is 83.9 Å². The molecule has 0 unspecified atom stereocenters. The van der Waals surface area contributed by atoms with E-state index in [1.54, 1.807) is 0 Å². The van der Waals surface area contributed by atoms with Crippen LogP contribution in [0.2, 0.25) is 0 Å². The number of fused-ring (bicyclic) bond motifs is 2. The Bertz CT molecular complexity index is 914. The second kappa shape index (κ2) is 4.98. The lowest BCUT2D eigenvalue weighted by Crippen LogP contribution is -1.91. The fourth-order valence-corrected chi connectivity index (χ4v) is 2.61. The van der Waals surface area contributed by atoms with E-state index in [-0.39, 0.29) is 0 Å². The van der Waals surface area contributed by atoms with Crippen LogP contribution in [-0.4, -0.2) is 9.97 Å². The van der Waals surface area contributed by atoms with Crippen molar-refractivity contribution in [3.8, 4) is 0 Å². The molecule has 0 saturated carbocycles. The molecule has 0 fully saturated rings. The summed E-state index contributed by atoms with van der Waals surface area (Å²) in [5, 5.41) is 0. The smallest absolute Gasteiger partial charge is 0.0897 e. The fourth-order valence-electron chi connectivity index (χ4n) is 2.61. The molecule has 21 heavy (non-hydrogen) atoms. The molecule has 0 bridgehead atoms. The average molecular weight is 270 g/mol. The Labute approximate surface area is 123 Å². The van der Waals surface area contributed by atoms with E-state index in [9.17, 15) is 0 Å². The summed E-state index contributed by atoms with van der Waals surface area (Å²) in [5.41, 5.74) is 6.37. The summed E-state index contributed by atoms with van der Waals surface area (Å²) in [6.07, 6.45) is 0.922. The molecule has 3 aromatic carbocycles. The molecule has 1 heterocycles. The van der Waals surface area contributed by atoms with Crippen molar-refractivity contribution in [2.75, 3.05) is 0 Å². The van der Waals surface area contributed by atoms with Crippen molar-refractivity contribution in [1.82, 2.24) is 9.97 Å². The van der Waals surface area contributed by atoms with E-state index < -0.39 is 0 Å². The lowest BCUT2D eigenvalue weighted by atomic mass is 10.0. The highest BCUT2D eigenvalue weighted by atomic mass is 14.8. The van der Waals surface area contributed by atoms with Crippen molar-refractivity contribution >= 4 is 22.1 Å². The van der Waals surface area contributed by atoms with E-state index >= 15 is 0 Å². The molecule has 0 amide bonds. The first-order chi connectivity index (χ1) is 10.4. The van der Waals surface area contributed by atoms with Gasteiger partial charge in [-0.1, -0.05) is 48.5 Å². The van der Waals surface area contributed by atoms with Gasteiger partial charge < -0.3 is 0 Å². The van der Waals surface area contributed by atoms with Crippen LogP contribution in [0.25, 0.3) is 22.1 Å². The molecule has 0 aliphatic carbocycles. The summed E-state index contributed by atoms with van der Waals surface area (Å²) in [7, 11) is 0. The Morgan fingerprint density at radius 2 is 1.14 bits per heavy atom. The first-order valence-electron chi connectivity index (χ1n) is 7.08. The molecule has 0 N–H and O–H groups in total. The van der Waals surface area contributed by atoms with Crippen LogP contribution < -0.4 is 0 Å². The van der Waals surface area contributed by atoms with E-state index in [4.69, 9.17) is 4.98 Å². The summed E-state index contributed by atoms with van der Waals surface area (Å²) in [6, 6.07) is 24.8. The molecule has 2 heteroatoms. The zero-order valence-electron chi connectivity index (χ0n) is 11.5. The first kappa shape index (κ1) is 12.0. The molecule has 4 rings (SSSR count). The SMILES string of the molecule is c1ccc(Cc2ccc3nc4ccccc4nc3c2)cc1. The van der Waals surface area contributed by atoms with Crippen molar-refractivity contribution in [2.24, 2.45) is 0 Å². The topological polar surface area (TPSA) is 25.8 Å². The maximum absolute atomic E-state index is 4.72. The molecular formula is C19H14N2. The summed E-state index contributed by atoms with van der Waals surface area (Å²) in [5.74, 6) is 0. The van der Waals surface area contributed by atoms with Gasteiger partial charge in [-0.25, -0.2) is 9.97 Å². The van der Waals surface area contributed by atoms with Gasteiger partial charge in [0.2, 0.25) is 0 Å². The minimum absolute atomic E-state index is 0.922. The summed E-state index contributed by atoms with van der Waals surface area (Å²) in [6.45, 7) is 0. The summed E-state index contributed by atoms with van der Waals surface area (Å²) < 4.78 is 0. The van der Waals surface area contributed by atoms with Crippen molar-refractivity contribution < 1.29 is 0 Å². The van der Waals surface area contributed by atoms with E-state index in [0.717, 1.165) is 28.5 Å². The highest BCUT2D eigenvalue weighted by molar-refractivity contribution is 5.86. The maximum Gasteiger partial charge on any atom is 0.0897 e. The largest absolute Gasteiger partial charge is 0.245 e. The number of benzene rings is 3. The number of aromatic nitrogens is 2. The zero-order valence-corrected chi connectivity index (χ0v) is 11.5. The lowest BCUT2D eigenvalue weighted by Gasteiger charge is -2.05. The molecule has 100 valence electrons. The minimum Gasteiger partial charge on any atom is -0.245 e. The van der Waals surface area contributed by atoms with Gasteiger partial charge in [0, 0.05) is 0 Å². The number of para-hydroxylation sites is 2. The van der Waals surface area contributed by atoms with Gasteiger partial charge in [-0.15, -0.1) is 0 Å². The monoisotopic (exact) mass is 270 g/mol. The van der Waals surface area contributed by atoms with Gasteiger partial charge in [0.15, 0.2) is 0 Å². The number of hydrogen-bond donors (Lipinski definition) is 0. The Kier molecular flexibility index (Phi) is 2.86. The molecule has 0 atom stereocenters. The predicted octanol–water partition coefficient (Wildman–Crippen LogP) is 4.37. The Morgan fingerprint density at radius 1 is 0.524 bits per heavy atom. The second-order valence-corrected chi connectivity index (χ2v) is 5.20. The van der Waals surface area contributed by atoms with Crippen molar-refractivity contribution in [1.29, 1.82) is 0 Å². The third-order valence-corrected chi connectivity index (χ3v) is 3.65. The van der Waals surface area contributed by atoms with E-state index in [1.165, 1.54) is 11.1 Å². The molecule has 0 radical (unpaired) electrons. The van der Waals surface area contributed by atoms with Crippen LogP contribution in [-0.2, 0) is 6.42 Å². The van der Waals surface area contributed by atoms with Gasteiger partial charge in [0.05, 0.1) is 22.1 Å². The van der Waals surface area contributed by atoms with Gasteiger partial charge >= 0.3 is 0 Å². The zero-order chi connectivity index (χ0) is 14.1. The highest BCUT2D eigenvalue weighted by Crippen LogP contribution is 2.18. The van der Waals surface area contributed by atoms with E-state index in [2.05, 4.69) is 47.4 Å². The highest BCUT2D eigenvalue weighted by Gasteiger charge is 2.03. The maximum atomic E-state index is 4.72. The molecule has 0 aliphatic rings. The third kappa shape index (κ3) is 2.36. The average Bonchev–Trinajstić information content (AvgIpc) is 2.54. The first-order valence-corrected chi connectivity index (χ1v) is 7.08. The van der Waals surface area contributed by atoms with Crippen LogP contribution in [0.3, 0.4) is 0 Å². The van der Waals surface area contributed by atoms with Crippen LogP contribution in [0.15, 0.2) is 72.8 Å². The standard InChI is InChI=1S/C19H14N2/c1-2-6-14(7-3-1)12-15-10-11-18-19(13-15)21-17-9-5-4-8-16(17)20-18/h1-11,13H,12H2. The number of nitrogens with zero attached hydrogens (tertiary/aromatic N) is 2. The van der Waals surface area contributed by atoms with E-state index in [0.29, 0.717) is 0 Å². The molecule has 0 saturated heterocycles. The lowest BCUT2D eigenvalue weighted by molar-refractivity contribution is 1.19. The normalized spacial score (nSPS) is 11.0. The van der Waals surface area contributed by atoms with Gasteiger partial charge in [-0.2, -0.15) is 0 Å². The molecule has 0 aliphatic heterocycles. The Morgan fingerprint density at radius 3 is 1.90 bits per heavy atom. The van der Waals surface area contributed by atoms with Crippen LogP contribution in [0.5, 0.6) is 0 Å². The number of rotatable bonds is 2. The van der Waals surface area contributed by atoms with Crippen LogP contribution in [0.4, 0.5) is 0 Å². The molecular weight excluding hydrogens is 256 g/mol. The van der Waals surface area contributed by atoms with Gasteiger partial charge in [-0.05, 0) is 41.8 Å². The molecule has 4 aromatic rings. The minimum atomic E-state index is 0.922. The quantitative estimate of drug-likeness (QED) is 0.505. The molecule has 0 spiro atoms. The fraction of sp³-hybridized carbons (Fsp3) is 0.0526. The van der Waals surface area contributed by atoms with Crippen LogP contribution >= 0.6 is 0 Å². The molecule has 1 aromatic heterocycles. The molecule has 2 nitrogen and oxygen atoms in total. The number of hydrogen-bond acceptors (Lipinski definition) is 2. The Hall–Kier alpha value is -2.74. The van der Waals surface area contributed by atoms with E-state index in [1.807, 2.05) is 30.3 Å². The Balaban J connectivity index is 1.80. The van der Waals surface area contributed by atoms with Crippen LogP contribution in [0.1, 0.15) is 11.1 Å². The summed E-state index contributed by atoms with van der Waals surface area (Å²) >= 11 is 0. The second-order valence-electron chi connectivity index (χ2n) is 5.20. The van der Waals surface area contributed by atoms with Crippen LogP contribution in [0, 0.1) is 0 Å². The van der Waals surface area contributed by atoms with Crippen molar-refractivity contribution in [3.63, 3.8) is 0 Å². The predicted molar refractivity (Wildman–Crippen MR) is 86.3 cm³/mol. The van der Waals surface area contributed by atoms with Gasteiger partial charge in [-0.3, -0.25) is 0 Å².